The van der Waals surface area contributed by atoms with Gasteiger partial charge in [-0.05, 0) is 85.2 Å². The number of amides is 1. The zero-order chi connectivity index (χ0) is 22.5. The van der Waals surface area contributed by atoms with Crippen molar-refractivity contribution in [2.75, 3.05) is 18.4 Å². The normalized spacial score (nSPS) is 17.5. The van der Waals surface area contributed by atoms with Gasteiger partial charge in [0, 0.05) is 36.2 Å². The number of likely N-dealkylation sites (tertiary alicyclic amines) is 1. The molecule has 168 valence electrons. The molecular weight excluding hydrogens is 406 g/mol. The summed E-state index contributed by atoms with van der Waals surface area (Å²) in [6.07, 6.45) is 13.6. The molecule has 2 aromatic carbocycles. The largest absolute Gasteiger partial charge is 0.356 e. The van der Waals surface area contributed by atoms with E-state index < -0.39 is 0 Å². The molecule has 3 aromatic rings. The lowest BCUT2D eigenvalue weighted by Crippen LogP contribution is -2.42. The first-order valence-electron chi connectivity index (χ1n) is 12.0. The number of pyridine rings is 1. The van der Waals surface area contributed by atoms with Crippen LogP contribution in [0, 0.1) is 5.41 Å². The first-order valence-corrected chi connectivity index (χ1v) is 12.0. The maximum atomic E-state index is 13.1. The van der Waals surface area contributed by atoms with Crippen molar-refractivity contribution in [3.63, 3.8) is 0 Å². The lowest BCUT2D eigenvalue weighted by atomic mass is 9.77. The predicted molar refractivity (Wildman–Crippen MR) is 135 cm³/mol. The van der Waals surface area contributed by atoms with Gasteiger partial charge in [0.1, 0.15) is 0 Å². The first kappa shape index (κ1) is 21.4. The highest BCUT2D eigenvalue weighted by molar-refractivity contribution is 5.95. The second kappa shape index (κ2) is 9.62. The number of nitrogens with zero attached hydrogens (tertiary/aromatic N) is 2. The summed E-state index contributed by atoms with van der Waals surface area (Å²) < 4.78 is 0. The number of carbonyl (C=O) groups excluding carboxylic acids is 1. The molecule has 1 aromatic heterocycles. The minimum atomic E-state index is 0.154. The van der Waals surface area contributed by atoms with Gasteiger partial charge in [0.15, 0.2) is 0 Å². The summed E-state index contributed by atoms with van der Waals surface area (Å²) in [6.45, 7) is 1.79. The van der Waals surface area contributed by atoms with E-state index in [4.69, 9.17) is 0 Å². The number of nitrogens with one attached hydrogen (secondary N) is 1. The van der Waals surface area contributed by atoms with Gasteiger partial charge in [0.05, 0.1) is 5.69 Å². The molecule has 1 N–H and O–H groups in total. The van der Waals surface area contributed by atoms with Crippen molar-refractivity contribution in [2.45, 2.75) is 38.5 Å². The number of carbonyl (C=O) groups is 1. The molecule has 1 saturated heterocycles. The third kappa shape index (κ3) is 5.16. The molecule has 2 fully saturated rings. The van der Waals surface area contributed by atoms with Gasteiger partial charge in [0.25, 0.3) is 5.91 Å². The molecule has 2 heterocycles. The van der Waals surface area contributed by atoms with Crippen LogP contribution in [0.3, 0.4) is 0 Å². The van der Waals surface area contributed by atoms with E-state index in [1.807, 2.05) is 53.4 Å². The second-order valence-corrected chi connectivity index (χ2v) is 9.42. The van der Waals surface area contributed by atoms with Crippen LogP contribution in [0.2, 0.25) is 0 Å². The summed E-state index contributed by atoms with van der Waals surface area (Å²) >= 11 is 0. The van der Waals surface area contributed by atoms with Crippen molar-refractivity contribution in [1.29, 1.82) is 0 Å². The van der Waals surface area contributed by atoms with Gasteiger partial charge in [-0.3, -0.25) is 9.78 Å². The Morgan fingerprint density at radius 2 is 1.64 bits per heavy atom. The molecular formula is C29H31N3O. The van der Waals surface area contributed by atoms with Crippen molar-refractivity contribution in [1.82, 2.24) is 9.88 Å². The number of hydrogen-bond acceptors (Lipinski definition) is 3. The molecule has 4 heteroatoms. The Kier molecular flexibility index (Phi) is 6.25. The second-order valence-electron chi connectivity index (χ2n) is 9.42. The van der Waals surface area contributed by atoms with E-state index in [9.17, 15) is 4.79 Å². The Bertz CT molecular complexity index is 1110. The molecule has 1 aliphatic heterocycles. The minimum absolute atomic E-state index is 0.154. The van der Waals surface area contributed by atoms with E-state index in [0.717, 1.165) is 54.1 Å². The number of piperidine rings is 1. The lowest BCUT2D eigenvalue weighted by molar-refractivity contribution is 0.0587. The van der Waals surface area contributed by atoms with Crippen molar-refractivity contribution >= 4 is 29.4 Å². The number of benzene rings is 2. The minimum Gasteiger partial charge on any atom is -0.356 e. The molecule has 0 atom stereocenters. The summed E-state index contributed by atoms with van der Waals surface area (Å²) in [7, 11) is 0. The summed E-state index contributed by atoms with van der Waals surface area (Å²) in [5.41, 5.74) is 5.27. The molecule has 4 nitrogen and oxygen atoms in total. The third-order valence-electron chi connectivity index (χ3n) is 7.22. The maximum absolute atomic E-state index is 13.1. The van der Waals surface area contributed by atoms with Crippen LogP contribution in [0.5, 0.6) is 0 Å². The van der Waals surface area contributed by atoms with Crippen LogP contribution in [-0.2, 0) is 0 Å². The van der Waals surface area contributed by atoms with Gasteiger partial charge in [-0.25, -0.2) is 0 Å². The monoisotopic (exact) mass is 437 g/mol. The molecule has 0 unspecified atom stereocenters. The SMILES string of the molecule is O=C(c1cccc(Nc2ccc(/C=C/c3ccccn3)cc2)c1)N1CCC2(CCCC2)CC1. The van der Waals surface area contributed by atoms with Crippen LogP contribution in [0.15, 0.2) is 72.9 Å². The highest BCUT2D eigenvalue weighted by Gasteiger charge is 2.38. The van der Waals surface area contributed by atoms with Crippen LogP contribution >= 0.6 is 0 Å². The average Bonchev–Trinajstić information content (AvgIpc) is 3.32. The Labute approximate surface area is 196 Å². The summed E-state index contributed by atoms with van der Waals surface area (Å²) in [5.74, 6) is 0.154. The highest BCUT2D eigenvalue weighted by Crippen LogP contribution is 2.46. The van der Waals surface area contributed by atoms with E-state index in [1.54, 1.807) is 6.20 Å². The molecule has 1 aliphatic carbocycles. The fourth-order valence-electron chi connectivity index (χ4n) is 5.22. The lowest BCUT2D eigenvalue weighted by Gasteiger charge is -2.39. The smallest absolute Gasteiger partial charge is 0.253 e. The summed E-state index contributed by atoms with van der Waals surface area (Å²) in [4.78, 5) is 19.5. The zero-order valence-corrected chi connectivity index (χ0v) is 19.0. The van der Waals surface area contributed by atoms with E-state index in [-0.39, 0.29) is 5.91 Å². The number of hydrogen-bond donors (Lipinski definition) is 1. The molecule has 1 saturated carbocycles. The van der Waals surface area contributed by atoms with Crippen molar-refractivity contribution < 1.29 is 4.79 Å². The van der Waals surface area contributed by atoms with Gasteiger partial charge in [0.2, 0.25) is 0 Å². The van der Waals surface area contributed by atoms with E-state index >= 15 is 0 Å². The van der Waals surface area contributed by atoms with Crippen LogP contribution in [-0.4, -0.2) is 28.9 Å². The molecule has 2 aliphatic rings. The maximum Gasteiger partial charge on any atom is 0.253 e. The van der Waals surface area contributed by atoms with Gasteiger partial charge in [-0.15, -0.1) is 0 Å². The van der Waals surface area contributed by atoms with Crippen LogP contribution in [0.25, 0.3) is 12.2 Å². The first-order chi connectivity index (χ1) is 16.2. The topological polar surface area (TPSA) is 45.2 Å². The van der Waals surface area contributed by atoms with Crippen LogP contribution in [0.1, 0.15) is 60.1 Å². The molecule has 0 radical (unpaired) electrons. The highest BCUT2D eigenvalue weighted by atomic mass is 16.2. The fraction of sp³-hybridized carbons (Fsp3) is 0.310. The molecule has 33 heavy (non-hydrogen) atoms. The molecule has 1 spiro atoms. The van der Waals surface area contributed by atoms with Crippen molar-refractivity contribution in [2.24, 2.45) is 5.41 Å². The van der Waals surface area contributed by atoms with Gasteiger partial charge in [-0.2, -0.15) is 0 Å². The molecule has 5 rings (SSSR count). The Morgan fingerprint density at radius 3 is 2.36 bits per heavy atom. The van der Waals surface area contributed by atoms with Gasteiger partial charge in [-0.1, -0.05) is 43.2 Å². The fourth-order valence-corrected chi connectivity index (χ4v) is 5.22. The van der Waals surface area contributed by atoms with Crippen molar-refractivity contribution in [3.8, 4) is 0 Å². The number of rotatable bonds is 5. The average molecular weight is 438 g/mol. The Morgan fingerprint density at radius 1 is 0.848 bits per heavy atom. The van der Waals surface area contributed by atoms with Crippen LogP contribution in [0.4, 0.5) is 11.4 Å². The number of aromatic nitrogens is 1. The Hall–Kier alpha value is -3.40. The summed E-state index contributed by atoms with van der Waals surface area (Å²) in [5, 5.41) is 3.44. The standard InChI is InChI=1S/C29H31N3O/c33-28(32-20-17-29(18-21-32)15-2-3-16-29)24-6-5-8-27(22-24)31-26-13-10-23(11-14-26)9-12-25-7-1-4-19-30-25/h1,4-14,19,22,31H,2-3,15-18,20-21H2/b12-9+. The van der Waals surface area contributed by atoms with E-state index in [0.29, 0.717) is 5.41 Å². The van der Waals surface area contributed by atoms with Crippen molar-refractivity contribution in [3.05, 3.63) is 89.7 Å². The predicted octanol–water partition coefficient (Wildman–Crippen LogP) is 6.79. The quantitative estimate of drug-likeness (QED) is 0.478. The van der Waals surface area contributed by atoms with E-state index in [1.165, 1.54) is 25.7 Å². The van der Waals surface area contributed by atoms with Gasteiger partial charge < -0.3 is 10.2 Å². The zero-order valence-electron chi connectivity index (χ0n) is 19.0. The van der Waals surface area contributed by atoms with Gasteiger partial charge >= 0.3 is 0 Å². The summed E-state index contributed by atoms with van der Waals surface area (Å²) in [6, 6.07) is 22.0. The number of anilines is 2. The molecule has 0 bridgehead atoms. The third-order valence-corrected chi connectivity index (χ3v) is 7.22. The van der Waals surface area contributed by atoms with E-state index in [2.05, 4.69) is 40.6 Å². The molecule has 1 amide bonds. The Balaban J connectivity index is 1.20. The van der Waals surface area contributed by atoms with Crippen LogP contribution < -0.4 is 5.32 Å².